The predicted octanol–water partition coefficient (Wildman–Crippen LogP) is 4.67. The summed E-state index contributed by atoms with van der Waals surface area (Å²) in [6.45, 7) is 11.3. The van der Waals surface area contributed by atoms with Gasteiger partial charge in [-0.2, -0.15) is 5.10 Å². The molecule has 1 amide bonds. The summed E-state index contributed by atoms with van der Waals surface area (Å²) in [5.74, 6) is 0.845. The Morgan fingerprint density at radius 1 is 1.13 bits per heavy atom. The highest BCUT2D eigenvalue weighted by Gasteiger charge is 2.23. The fraction of sp³-hybridized carbons (Fsp3) is 0.375. The van der Waals surface area contributed by atoms with Gasteiger partial charge in [-0.3, -0.25) is 14.5 Å². The van der Waals surface area contributed by atoms with Gasteiger partial charge in [0.25, 0.3) is 5.91 Å². The summed E-state index contributed by atoms with van der Waals surface area (Å²) >= 11 is 0. The van der Waals surface area contributed by atoms with Crippen LogP contribution in [0.4, 0.5) is 0 Å². The number of rotatable bonds is 7. The van der Waals surface area contributed by atoms with Gasteiger partial charge in [-0.05, 0) is 62.6 Å². The van der Waals surface area contributed by atoms with E-state index in [1.807, 2.05) is 53.2 Å². The van der Waals surface area contributed by atoms with E-state index in [4.69, 9.17) is 4.74 Å². The van der Waals surface area contributed by atoms with Crippen molar-refractivity contribution in [2.45, 2.75) is 59.2 Å². The summed E-state index contributed by atoms with van der Waals surface area (Å²) in [6.07, 6.45) is 1.75. The Kier molecular flexibility index (Phi) is 6.55. The molecular weight excluding hydrogens is 376 g/mol. The van der Waals surface area contributed by atoms with Crippen molar-refractivity contribution in [3.8, 4) is 5.75 Å². The van der Waals surface area contributed by atoms with Crippen LogP contribution >= 0.6 is 0 Å². The van der Waals surface area contributed by atoms with Crippen LogP contribution in [0.1, 0.15) is 68.0 Å². The van der Waals surface area contributed by atoms with E-state index in [2.05, 4.69) is 50.0 Å². The number of amides is 1. The molecule has 2 aromatic heterocycles. The number of benzene rings is 1. The van der Waals surface area contributed by atoms with Crippen LogP contribution in [0.25, 0.3) is 0 Å². The smallest absolute Gasteiger partial charge is 0.272 e. The molecule has 0 fully saturated rings. The third-order valence-corrected chi connectivity index (χ3v) is 4.66. The summed E-state index contributed by atoms with van der Waals surface area (Å²) in [5, 5.41) is 7.53. The molecule has 0 aliphatic rings. The lowest BCUT2D eigenvalue weighted by molar-refractivity contribution is 0.0944. The maximum atomic E-state index is 12.7. The van der Waals surface area contributed by atoms with Gasteiger partial charge < -0.3 is 10.1 Å². The second-order valence-electron chi connectivity index (χ2n) is 8.63. The molecule has 0 bridgehead atoms. The number of aromatic nitrogens is 3. The lowest BCUT2D eigenvalue weighted by Gasteiger charge is -2.23. The summed E-state index contributed by atoms with van der Waals surface area (Å²) < 4.78 is 7.76. The Hall–Kier alpha value is -3.15. The van der Waals surface area contributed by atoms with E-state index < -0.39 is 0 Å². The van der Waals surface area contributed by atoms with Gasteiger partial charge >= 0.3 is 0 Å². The standard InChI is InChI=1S/C24H30N4O2/c1-17(2)22-14-21(27-28(22)24(3,4)5)23(29)26-15-18-9-8-11-20(13-18)30-16-19-10-6-7-12-25-19/h6-14,17H,15-16H2,1-5H3,(H,26,29). The first kappa shape index (κ1) is 21.6. The minimum absolute atomic E-state index is 0.181. The van der Waals surface area contributed by atoms with Gasteiger partial charge in [-0.15, -0.1) is 0 Å². The number of carbonyl (C=O) groups is 1. The van der Waals surface area contributed by atoms with E-state index in [0.29, 0.717) is 18.8 Å². The van der Waals surface area contributed by atoms with Crippen molar-refractivity contribution in [3.05, 3.63) is 77.4 Å². The molecule has 3 aromatic rings. The molecule has 0 saturated carbocycles. The van der Waals surface area contributed by atoms with E-state index in [-0.39, 0.29) is 17.4 Å². The van der Waals surface area contributed by atoms with Crippen molar-refractivity contribution in [1.82, 2.24) is 20.1 Å². The number of hydrogen-bond acceptors (Lipinski definition) is 4. The topological polar surface area (TPSA) is 69.0 Å². The van der Waals surface area contributed by atoms with Gasteiger partial charge in [-0.1, -0.05) is 32.0 Å². The number of hydrogen-bond donors (Lipinski definition) is 1. The Labute approximate surface area is 178 Å². The zero-order chi connectivity index (χ0) is 21.7. The Morgan fingerprint density at radius 2 is 1.93 bits per heavy atom. The molecule has 0 unspecified atom stereocenters. The van der Waals surface area contributed by atoms with Crippen LogP contribution in [-0.4, -0.2) is 20.7 Å². The SMILES string of the molecule is CC(C)c1cc(C(=O)NCc2cccc(OCc3ccccn3)c2)nn1C(C)(C)C. The molecule has 0 radical (unpaired) electrons. The van der Waals surface area contributed by atoms with Crippen LogP contribution in [0.5, 0.6) is 5.75 Å². The molecule has 30 heavy (non-hydrogen) atoms. The van der Waals surface area contributed by atoms with E-state index >= 15 is 0 Å². The van der Waals surface area contributed by atoms with Crippen molar-refractivity contribution in [3.63, 3.8) is 0 Å². The van der Waals surface area contributed by atoms with E-state index in [0.717, 1.165) is 22.7 Å². The third kappa shape index (κ3) is 5.47. The van der Waals surface area contributed by atoms with Crippen LogP contribution < -0.4 is 10.1 Å². The number of nitrogens with one attached hydrogen (secondary N) is 1. The van der Waals surface area contributed by atoms with Gasteiger partial charge in [0.1, 0.15) is 18.1 Å². The Balaban J connectivity index is 1.63. The summed E-state index contributed by atoms with van der Waals surface area (Å²) in [6, 6.07) is 15.3. The minimum Gasteiger partial charge on any atom is -0.487 e. The first-order valence-electron chi connectivity index (χ1n) is 10.2. The van der Waals surface area contributed by atoms with Crippen molar-refractivity contribution >= 4 is 5.91 Å². The highest BCUT2D eigenvalue weighted by atomic mass is 16.5. The fourth-order valence-corrected chi connectivity index (χ4v) is 3.11. The summed E-state index contributed by atoms with van der Waals surface area (Å²) in [7, 11) is 0. The first-order valence-corrected chi connectivity index (χ1v) is 10.2. The number of nitrogens with zero attached hydrogens (tertiary/aromatic N) is 3. The van der Waals surface area contributed by atoms with E-state index in [1.54, 1.807) is 6.20 Å². The molecule has 6 heteroatoms. The lowest BCUT2D eigenvalue weighted by atomic mass is 10.1. The lowest BCUT2D eigenvalue weighted by Crippen LogP contribution is -2.27. The van der Waals surface area contributed by atoms with Gasteiger partial charge in [0.2, 0.25) is 0 Å². The first-order chi connectivity index (χ1) is 14.2. The maximum Gasteiger partial charge on any atom is 0.272 e. The zero-order valence-corrected chi connectivity index (χ0v) is 18.3. The summed E-state index contributed by atoms with van der Waals surface area (Å²) in [4.78, 5) is 17.0. The highest BCUT2D eigenvalue weighted by Crippen LogP contribution is 2.23. The van der Waals surface area contributed by atoms with Crippen molar-refractivity contribution < 1.29 is 9.53 Å². The molecule has 158 valence electrons. The van der Waals surface area contributed by atoms with Gasteiger partial charge in [0.15, 0.2) is 0 Å². The fourth-order valence-electron chi connectivity index (χ4n) is 3.11. The molecule has 0 aliphatic carbocycles. The largest absolute Gasteiger partial charge is 0.487 e. The molecule has 0 aliphatic heterocycles. The minimum atomic E-state index is -0.183. The maximum absolute atomic E-state index is 12.7. The third-order valence-electron chi connectivity index (χ3n) is 4.66. The quantitative estimate of drug-likeness (QED) is 0.619. The van der Waals surface area contributed by atoms with E-state index in [1.165, 1.54) is 0 Å². The molecule has 2 heterocycles. The number of pyridine rings is 1. The van der Waals surface area contributed by atoms with Crippen LogP contribution in [0.15, 0.2) is 54.7 Å². The average molecular weight is 407 g/mol. The number of carbonyl (C=O) groups excluding carboxylic acids is 1. The Morgan fingerprint density at radius 3 is 2.57 bits per heavy atom. The highest BCUT2D eigenvalue weighted by molar-refractivity contribution is 5.92. The molecule has 1 aromatic carbocycles. The molecule has 6 nitrogen and oxygen atoms in total. The Bertz CT molecular complexity index is 988. The van der Waals surface area contributed by atoms with Crippen molar-refractivity contribution in [2.24, 2.45) is 0 Å². The van der Waals surface area contributed by atoms with E-state index in [9.17, 15) is 4.79 Å². The summed E-state index contributed by atoms with van der Waals surface area (Å²) in [5.41, 5.74) is 3.14. The average Bonchev–Trinajstić information content (AvgIpc) is 3.18. The molecular formula is C24H30N4O2. The van der Waals surface area contributed by atoms with Gasteiger partial charge in [0, 0.05) is 18.4 Å². The normalized spacial score (nSPS) is 11.5. The molecule has 3 rings (SSSR count). The van der Waals surface area contributed by atoms with Crippen molar-refractivity contribution in [1.29, 1.82) is 0 Å². The number of ether oxygens (including phenoxy) is 1. The van der Waals surface area contributed by atoms with Crippen LogP contribution in [0.2, 0.25) is 0 Å². The zero-order valence-electron chi connectivity index (χ0n) is 18.3. The van der Waals surface area contributed by atoms with Crippen molar-refractivity contribution in [2.75, 3.05) is 0 Å². The molecule has 1 N–H and O–H groups in total. The van der Waals surface area contributed by atoms with Crippen LogP contribution in [0.3, 0.4) is 0 Å². The second kappa shape index (κ2) is 9.11. The van der Waals surface area contributed by atoms with Crippen LogP contribution in [-0.2, 0) is 18.7 Å². The van der Waals surface area contributed by atoms with Gasteiger partial charge in [0.05, 0.1) is 11.2 Å². The van der Waals surface area contributed by atoms with Crippen LogP contribution in [0, 0.1) is 0 Å². The predicted molar refractivity (Wildman–Crippen MR) is 117 cm³/mol. The molecule has 0 saturated heterocycles. The molecule has 0 spiro atoms. The second-order valence-corrected chi connectivity index (χ2v) is 8.63. The monoisotopic (exact) mass is 406 g/mol. The molecule has 0 atom stereocenters. The van der Waals surface area contributed by atoms with Gasteiger partial charge in [-0.25, -0.2) is 0 Å².